The van der Waals surface area contributed by atoms with E-state index in [1.165, 1.54) is 5.56 Å². The summed E-state index contributed by atoms with van der Waals surface area (Å²) in [6, 6.07) is 5.21. The number of nitrogens with zero attached hydrogens (tertiary/aromatic N) is 1. The van der Waals surface area contributed by atoms with Gasteiger partial charge in [-0.15, -0.1) is 0 Å². The SMILES string of the molecule is Cc1cc(C2CNCC(C)N2)ccn1. The fourth-order valence-corrected chi connectivity index (χ4v) is 1.90. The lowest BCUT2D eigenvalue weighted by molar-refractivity contribution is 0.360. The summed E-state index contributed by atoms with van der Waals surface area (Å²) in [5.41, 5.74) is 2.42. The van der Waals surface area contributed by atoms with Gasteiger partial charge in [-0.2, -0.15) is 0 Å². The number of hydrogen-bond donors (Lipinski definition) is 2. The smallest absolute Gasteiger partial charge is 0.0450 e. The number of piperazine rings is 1. The second-order valence-electron chi connectivity index (χ2n) is 4.01. The van der Waals surface area contributed by atoms with Gasteiger partial charge >= 0.3 is 0 Å². The van der Waals surface area contributed by atoms with Crippen molar-refractivity contribution in [2.75, 3.05) is 13.1 Å². The molecular weight excluding hydrogens is 174 g/mol. The van der Waals surface area contributed by atoms with E-state index in [1.807, 2.05) is 13.1 Å². The van der Waals surface area contributed by atoms with Gasteiger partial charge in [0.15, 0.2) is 0 Å². The molecule has 2 heterocycles. The normalized spacial score (nSPS) is 27.6. The van der Waals surface area contributed by atoms with Crippen LogP contribution in [0.3, 0.4) is 0 Å². The van der Waals surface area contributed by atoms with Crippen LogP contribution in [0.15, 0.2) is 18.3 Å². The molecule has 0 radical (unpaired) electrons. The summed E-state index contributed by atoms with van der Waals surface area (Å²) in [7, 11) is 0. The molecule has 0 aromatic carbocycles. The van der Waals surface area contributed by atoms with Crippen LogP contribution in [0.4, 0.5) is 0 Å². The van der Waals surface area contributed by atoms with E-state index in [0.29, 0.717) is 12.1 Å². The van der Waals surface area contributed by atoms with E-state index in [9.17, 15) is 0 Å². The second-order valence-corrected chi connectivity index (χ2v) is 4.01. The fraction of sp³-hybridized carbons (Fsp3) is 0.545. The quantitative estimate of drug-likeness (QED) is 0.695. The average Bonchev–Trinajstić information content (AvgIpc) is 2.18. The molecule has 14 heavy (non-hydrogen) atoms. The van der Waals surface area contributed by atoms with Gasteiger partial charge in [0, 0.05) is 37.1 Å². The second kappa shape index (κ2) is 4.07. The molecule has 76 valence electrons. The summed E-state index contributed by atoms with van der Waals surface area (Å²) in [4.78, 5) is 4.21. The first-order valence-electron chi connectivity index (χ1n) is 5.15. The van der Waals surface area contributed by atoms with E-state index >= 15 is 0 Å². The number of aryl methyl sites for hydroxylation is 1. The molecule has 1 aliphatic rings. The molecule has 1 fully saturated rings. The van der Waals surface area contributed by atoms with Crippen molar-refractivity contribution in [3.8, 4) is 0 Å². The maximum atomic E-state index is 4.21. The Morgan fingerprint density at radius 3 is 3.00 bits per heavy atom. The van der Waals surface area contributed by atoms with Crippen molar-refractivity contribution < 1.29 is 0 Å². The molecule has 1 aromatic heterocycles. The van der Waals surface area contributed by atoms with Crippen LogP contribution in [0.2, 0.25) is 0 Å². The van der Waals surface area contributed by atoms with Crippen molar-refractivity contribution in [2.45, 2.75) is 25.9 Å². The minimum absolute atomic E-state index is 0.431. The van der Waals surface area contributed by atoms with Crippen LogP contribution in [0.1, 0.15) is 24.2 Å². The lowest BCUT2D eigenvalue weighted by Gasteiger charge is -2.30. The first-order chi connectivity index (χ1) is 6.75. The highest BCUT2D eigenvalue weighted by Crippen LogP contribution is 2.15. The third-order valence-electron chi connectivity index (χ3n) is 2.61. The standard InChI is InChI=1S/C11H17N3/c1-8-5-10(3-4-13-8)11-7-12-6-9(2)14-11/h3-5,9,11-12,14H,6-7H2,1-2H3. The molecular formula is C11H17N3. The van der Waals surface area contributed by atoms with Crippen molar-refractivity contribution in [1.29, 1.82) is 0 Å². The third kappa shape index (κ3) is 2.11. The van der Waals surface area contributed by atoms with E-state index in [0.717, 1.165) is 18.8 Å². The highest BCUT2D eigenvalue weighted by molar-refractivity contribution is 5.20. The Labute approximate surface area is 84.9 Å². The molecule has 0 bridgehead atoms. The Balaban J connectivity index is 2.14. The van der Waals surface area contributed by atoms with Crippen LogP contribution >= 0.6 is 0 Å². The third-order valence-corrected chi connectivity index (χ3v) is 2.61. The number of aromatic nitrogens is 1. The zero-order chi connectivity index (χ0) is 9.97. The highest BCUT2D eigenvalue weighted by atomic mass is 15.1. The lowest BCUT2D eigenvalue weighted by atomic mass is 10.0. The van der Waals surface area contributed by atoms with Crippen LogP contribution in [-0.2, 0) is 0 Å². The van der Waals surface area contributed by atoms with Crippen LogP contribution < -0.4 is 10.6 Å². The van der Waals surface area contributed by atoms with Crippen molar-refractivity contribution in [3.63, 3.8) is 0 Å². The molecule has 0 aliphatic carbocycles. The molecule has 2 atom stereocenters. The molecule has 1 aromatic rings. The Bertz CT molecular complexity index is 311. The summed E-state index contributed by atoms with van der Waals surface area (Å²) in [6.45, 7) is 6.30. The molecule has 3 nitrogen and oxygen atoms in total. The summed E-state index contributed by atoms with van der Waals surface area (Å²) in [5, 5.41) is 6.99. The van der Waals surface area contributed by atoms with Gasteiger partial charge in [0.25, 0.3) is 0 Å². The average molecular weight is 191 g/mol. The van der Waals surface area contributed by atoms with Gasteiger partial charge in [0.2, 0.25) is 0 Å². The predicted molar refractivity (Wildman–Crippen MR) is 57.2 cm³/mol. The van der Waals surface area contributed by atoms with Gasteiger partial charge in [-0.25, -0.2) is 0 Å². The Morgan fingerprint density at radius 1 is 1.43 bits per heavy atom. The first kappa shape index (κ1) is 9.62. The fourth-order valence-electron chi connectivity index (χ4n) is 1.90. The van der Waals surface area contributed by atoms with Crippen LogP contribution in [0.25, 0.3) is 0 Å². The molecule has 2 N–H and O–H groups in total. The summed E-state index contributed by atoms with van der Waals surface area (Å²) in [5.74, 6) is 0. The number of hydrogen-bond acceptors (Lipinski definition) is 3. The minimum atomic E-state index is 0.431. The zero-order valence-corrected chi connectivity index (χ0v) is 8.75. The zero-order valence-electron chi connectivity index (χ0n) is 8.75. The lowest BCUT2D eigenvalue weighted by Crippen LogP contribution is -2.48. The summed E-state index contributed by atoms with van der Waals surface area (Å²) in [6.07, 6.45) is 1.88. The molecule has 2 rings (SSSR count). The molecule has 1 saturated heterocycles. The van der Waals surface area contributed by atoms with Gasteiger partial charge in [0.1, 0.15) is 0 Å². The van der Waals surface area contributed by atoms with E-state index in [4.69, 9.17) is 0 Å². The van der Waals surface area contributed by atoms with Gasteiger partial charge in [-0.3, -0.25) is 4.98 Å². The summed E-state index contributed by atoms with van der Waals surface area (Å²) >= 11 is 0. The van der Waals surface area contributed by atoms with Gasteiger partial charge in [0.05, 0.1) is 0 Å². The van der Waals surface area contributed by atoms with Crippen LogP contribution in [-0.4, -0.2) is 24.1 Å². The van der Waals surface area contributed by atoms with Crippen molar-refractivity contribution in [3.05, 3.63) is 29.6 Å². The number of rotatable bonds is 1. The Morgan fingerprint density at radius 2 is 2.29 bits per heavy atom. The molecule has 0 spiro atoms. The number of nitrogens with one attached hydrogen (secondary N) is 2. The monoisotopic (exact) mass is 191 g/mol. The van der Waals surface area contributed by atoms with E-state index in [-0.39, 0.29) is 0 Å². The predicted octanol–water partition coefficient (Wildman–Crippen LogP) is 1.01. The maximum absolute atomic E-state index is 4.21. The Hall–Kier alpha value is -0.930. The van der Waals surface area contributed by atoms with E-state index in [2.05, 4.69) is 34.7 Å². The van der Waals surface area contributed by atoms with Gasteiger partial charge in [-0.05, 0) is 31.5 Å². The molecule has 0 amide bonds. The minimum Gasteiger partial charge on any atom is -0.313 e. The Kier molecular flexibility index (Phi) is 2.79. The van der Waals surface area contributed by atoms with Gasteiger partial charge < -0.3 is 10.6 Å². The van der Waals surface area contributed by atoms with Crippen LogP contribution in [0.5, 0.6) is 0 Å². The maximum Gasteiger partial charge on any atom is 0.0450 e. The molecule has 1 aliphatic heterocycles. The molecule has 0 saturated carbocycles. The van der Waals surface area contributed by atoms with E-state index < -0.39 is 0 Å². The van der Waals surface area contributed by atoms with Crippen molar-refractivity contribution in [2.24, 2.45) is 0 Å². The van der Waals surface area contributed by atoms with Crippen molar-refractivity contribution >= 4 is 0 Å². The van der Waals surface area contributed by atoms with E-state index in [1.54, 1.807) is 0 Å². The topological polar surface area (TPSA) is 37.0 Å². The van der Waals surface area contributed by atoms with Crippen LogP contribution in [0, 0.1) is 6.92 Å². The van der Waals surface area contributed by atoms with Gasteiger partial charge in [-0.1, -0.05) is 0 Å². The summed E-state index contributed by atoms with van der Waals surface area (Å²) < 4.78 is 0. The number of pyridine rings is 1. The highest BCUT2D eigenvalue weighted by Gasteiger charge is 2.18. The molecule has 2 unspecified atom stereocenters. The first-order valence-corrected chi connectivity index (χ1v) is 5.15. The molecule has 3 heteroatoms. The van der Waals surface area contributed by atoms with Crippen molar-refractivity contribution in [1.82, 2.24) is 15.6 Å². The largest absolute Gasteiger partial charge is 0.313 e.